The summed E-state index contributed by atoms with van der Waals surface area (Å²) in [5.74, 6) is 0. The molecule has 1 atom stereocenters. The number of ether oxygens (including phenoxy) is 1. The number of nitrogens with zero attached hydrogens (tertiary/aromatic N) is 2. The van der Waals surface area contributed by atoms with Crippen molar-refractivity contribution in [3.8, 4) is 0 Å². The SMILES string of the molecule is Cc1n[nH]c(C)c1S(=O)(=O)N1CCOC(c2cccc(Cl)c2)C1. The Hall–Kier alpha value is -1.41. The lowest BCUT2D eigenvalue weighted by Gasteiger charge is -2.32. The van der Waals surface area contributed by atoms with Crippen LogP contribution in [0.1, 0.15) is 23.1 Å². The van der Waals surface area contributed by atoms with E-state index in [0.717, 1.165) is 5.56 Å². The molecule has 0 amide bonds. The molecule has 124 valence electrons. The van der Waals surface area contributed by atoms with Gasteiger partial charge in [-0.25, -0.2) is 8.42 Å². The lowest BCUT2D eigenvalue weighted by molar-refractivity contribution is -0.00257. The Balaban J connectivity index is 1.89. The first-order chi connectivity index (χ1) is 10.9. The minimum Gasteiger partial charge on any atom is -0.371 e. The standard InChI is InChI=1S/C15H18ClN3O3S/c1-10-15(11(2)18-17-10)23(20,21)19-6-7-22-14(9-19)12-4-3-5-13(16)8-12/h3-5,8,14H,6-7,9H2,1-2H3,(H,17,18). The number of aromatic amines is 1. The van der Waals surface area contributed by atoms with Gasteiger partial charge in [-0.1, -0.05) is 23.7 Å². The van der Waals surface area contributed by atoms with Crippen molar-refractivity contribution in [2.24, 2.45) is 0 Å². The number of morpholine rings is 1. The van der Waals surface area contributed by atoms with Crippen LogP contribution in [-0.2, 0) is 14.8 Å². The van der Waals surface area contributed by atoms with Gasteiger partial charge in [0.25, 0.3) is 0 Å². The molecule has 1 aromatic heterocycles. The van der Waals surface area contributed by atoms with Crippen LogP contribution < -0.4 is 0 Å². The zero-order chi connectivity index (χ0) is 16.6. The minimum atomic E-state index is -3.60. The fraction of sp³-hybridized carbons (Fsp3) is 0.400. The van der Waals surface area contributed by atoms with E-state index in [-0.39, 0.29) is 17.5 Å². The Morgan fingerprint density at radius 1 is 1.39 bits per heavy atom. The van der Waals surface area contributed by atoms with Gasteiger partial charge < -0.3 is 4.74 Å². The number of hydrogen-bond acceptors (Lipinski definition) is 4. The monoisotopic (exact) mass is 355 g/mol. The molecule has 8 heteroatoms. The van der Waals surface area contributed by atoms with E-state index in [2.05, 4.69) is 10.2 Å². The number of rotatable bonds is 3. The Morgan fingerprint density at radius 3 is 2.83 bits per heavy atom. The summed E-state index contributed by atoms with van der Waals surface area (Å²) in [6.45, 7) is 4.32. The normalized spacial score (nSPS) is 19.9. The second-order valence-electron chi connectivity index (χ2n) is 5.54. The summed E-state index contributed by atoms with van der Waals surface area (Å²) < 4.78 is 33.0. The summed E-state index contributed by atoms with van der Waals surface area (Å²) >= 11 is 6.01. The molecule has 1 saturated heterocycles. The van der Waals surface area contributed by atoms with Gasteiger partial charge in [0.2, 0.25) is 10.0 Å². The van der Waals surface area contributed by atoms with E-state index in [1.807, 2.05) is 12.1 Å². The van der Waals surface area contributed by atoms with E-state index >= 15 is 0 Å². The third-order valence-corrected chi connectivity index (χ3v) is 6.27. The van der Waals surface area contributed by atoms with Gasteiger partial charge >= 0.3 is 0 Å². The molecule has 2 aromatic rings. The average molecular weight is 356 g/mol. The van der Waals surface area contributed by atoms with Crippen LogP contribution in [0.25, 0.3) is 0 Å². The molecule has 1 aliphatic heterocycles. The molecular formula is C15H18ClN3O3S. The van der Waals surface area contributed by atoms with Crippen molar-refractivity contribution >= 4 is 21.6 Å². The molecule has 1 unspecified atom stereocenters. The number of hydrogen-bond donors (Lipinski definition) is 1. The highest BCUT2D eigenvalue weighted by atomic mass is 35.5. The highest BCUT2D eigenvalue weighted by Gasteiger charge is 2.34. The van der Waals surface area contributed by atoms with E-state index in [1.165, 1.54) is 4.31 Å². The molecule has 0 saturated carbocycles. The van der Waals surface area contributed by atoms with Gasteiger partial charge in [-0.15, -0.1) is 0 Å². The zero-order valence-electron chi connectivity index (χ0n) is 12.9. The van der Waals surface area contributed by atoms with E-state index in [0.29, 0.717) is 29.6 Å². The van der Waals surface area contributed by atoms with Crippen LogP contribution in [0.4, 0.5) is 0 Å². The molecule has 1 aromatic carbocycles. The first-order valence-electron chi connectivity index (χ1n) is 7.28. The van der Waals surface area contributed by atoms with Crippen molar-refractivity contribution < 1.29 is 13.2 Å². The molecule has 0 bridgehead atoms. The van der Waals surface area contributed by atoms with Gasteiger partial charge in [-0.05, 0) is 31.5 Å². The van der Waals surface area contributed by atoms with Gasteiger partial charge in [0.05, 0.1) is 24.1 Å². The fourth-order valence-electron chi connectivity index (χ4n) is 2.80. The van der Waals surface area contributed by atoms with Gasteiger partial charge in [0.15, 0.2) is 0 Å². The van der Waals surface area contributed by atoms with Crippen LogP contribution in [-0.4, -0.2) is 42.6 Å². The summed E-state index contributed by atoms with van der Waals surface area (Å²) in [4.78, 5) is 0.254. The van der Waals surface area contributed by atoms with Crippen LogP contribution in [0.15, 0.2) is 29.2 Å². The molecule has 1 aliphatic rings. The summed E-state index contributed by atoms with van der Waals surface area (Å²) in [5.41, 5.74) is 1.90. The quantitative estimate of drug-likeness (QED) is 0.917. The van der Waals surface area contributed by atoms with E-state index in [9.17, 15) is 8.42 Å². The predicted molar refractivity (Wildman–Crippen MR) is 87.0 cm³/mol. The van der Waals surface area contributed by atoms with Crippen LogP contribution >= 0.6 is 11.6 Å². The molecule has 1 N–H and O–H groups in total. The Bertz CT molecular complexity index is 800. The Morgan fingerprint density at radius 2 is 2.17 bits per heavy atom. The van der Waals surface area contributed by atoms with Crippen molar-refractivity contribution in [1.29, 1.82) is 0 Å². The number of halogens is 1. The number of aryl methyl sites for hydroxylation is 2. The summed E-state index contributed by atoms with van der Waals surface area (Å²) in [6, 6.07) is 7.30. The van der Waals surface area contributed by atoms with Crippen LogP contribution in [0, 0.1) is 13.8 Å². The Kier molecular flexibility index (Phi) is 4.46. The second kappa shape index (κ2) is 6.24. The molecule has 2 heterocycles. The number of benzene rings is 1. The van der Waals surface area contributed by atoms with Crippen molar-refractivity contribution in [2.75, 3.05) is 19.7 Å². The Labute approximate surface area is 140 Å². The molecule has 6 nitrogen and oxygen atoms in total. The largest absolute Gasteiger partial charge is 0.371 e. The van der Waals surface area contributed by atoms with Crippen molar-refractivity contribution in [3.05, 3.63) is 46.2 Å². The van der Waals surface area contributed by atoms with E-state index in [4.69, 9.17) is 16.3 Å². The third kappa shape index (κ3) is 3.14. The lowest BCUT2D eigenvalue weighted by atomic mass is 10.1. The first-order valence-corrected chi connectivity index (χ1v) is 9.10. The summed E-state index contributed by atoms with van der Waals surface area (Å²) in [6.07, 6.45) is -0.329. The first kappa shape index (κ1) is 16.4. The van der Waals surface area contributed by atoms with Crippen LogP contribution in [0.2, 0.25) is 5.02 Å². The molecular weight excluding hydrogens is 338 g/mol. The third-order valence-electron chi connectivity index (χ3n) is 3.91. The summed E-state index contributed by atoms with van der Waals surface area (Å²) in [7, 11) is -3.60. The highest BCUT2D eigenvalue weighted by Crippen LogP contribution is 2.29. The predicted octanol–water partition coefficient (Wildman–Crippen LogP) is 2.44. The van der Waals surface area contributed by atoms with Gasteiger partial charge in [0, 0.05) is 18.1 Å². The molecule has 0 aliphatic carbocycles. The smallest absolute Gasteiger partial charge is 0.246 e. The molecule has 23 heavy (non-hydrogen) atoms. The summed E-state index contributed by atoms with van der Waals surface area (Å²) in [5, 5.41) is 7.32. The van der Waals surface area contributed by atoms with Gasteiger partial charge in [-0.3, -0.25) is 5.10 Å². The topological polar surface area (TPSA) is 75.3 Å². The average Bonchev–Trinajstić information content (AvgIpc) is 2.87. The van der Waals surface area contributed by atoms with Gasteiger partial charge in [-0.2, -0.15) is 9.40 Å². The number of nitrogens with one attached hydrogen (secondary N) is 1. The van der Waals surface area contributed by atoms with Crippen LogP contribution in [0.5, 0.6) is 0 Å². The zero-order valence-corrected chi connectivity index (χ0v) is 14.5. The highest BCUT2D eigenvalue weighted by molar-refractivity contribution is 7.89. The van der Waals surface area contributed by atoms with Crippen LogP contribution in [0.3, 0.4) is 0 Å². The van der Waals surface area contributed by atoms with E-state index < -0.39 is 10.0 Å². The maximum atomic E-state index is 12.9. The fourth-order valence-corrected chi connectivity index (χ4v) is 4.76. The van der Waals surface area contributed by atoms with E-state index in [1.54, 1.807) is 26.0 Å². The lowest BCUT2D eigenvalue weighted by Crippen LogP contribution is -2.42. The minimum absolute atomic E-state index is 0.254. The molecule has 3 rings (SSSR count). The maximum absolute atomic E-state index is 12.9. The molecule has 1 fully saturated rings. The van der Waals surface area contributed by atoms with Crippen molar-refractivity contribution in [1.82, 2.24) is 14.5 Å². The molecule has 0 radical (unpaired) electrons. The van der Waals surface area contributed by atoms with Gasteiger partial charge in [0.1, 0.15) is 4.90 Å². The maximum Gasteiger partial charge on any atom is 0.246 e. The second-order valence-corrected chi connectivity index (χ2v) is 7.85. The van der Waals surface area contributed by atoms with Crippen molar-refractivity contribution in [3.63, 3.8) is 0 Å². The number of sulfonamides is 1. The number of H-pyrrole nitrogens is 1. The van der Waals surface area contributed by atoms with Crippen molar-refractivity contribution in [2.45, 2.75) is 24.8 Å². The number of aromatic nitrogens is 2. The molecule has 0 spiro atoms.